The van der Waals surface area contributed by atoms with Crippen molar-refractivity contribution in [2.75, 3.05) is 5.32 Å². The summed E-state index contributed by atoms with van der Waals surface area (Å²) in [5.41, 5.74) is -0.0618. The van der Waals surface area contributed by atoms with E-state index in [1.54, 1.807) is 6.07 Å². The van der Waals surface area contributed by atoms with Gasteiger partial charge in [-0.1, -0.05) is 0 Å². The Balaban J connectivity index is 2.22. The van der Waals surface area contributed by atoms with Gasteiger partial charge in [-0.15, -0.1) is 0 Å². The van der Waals surface area contributed by atoms with E-state index >= 15 is 0 Å². The first-order chi connectivity index (χ1) is 8.47. The van der Waals surface area contributed by atoms with Crippen molar-refractivity contribution in [3.05, 3.63) is 46.5 Å². The topological polar surface area (TPSA) is 38.1 Å². The molecule has 2 rings (SSSR count). The molecule has 3 nitrogen and oxygen atoms in total. The van der Waals surface area contributed by atoms with Gasteiger partial charge in [-0.2, -0.15) is 13.2 Å². The first-order valence-corrected chi connectivity index (χ1v) is 5.74. The van der Waals surface area contributed by atoms with Crippen LogP contribution in [0.3, 0.4) is 0 Å². The summed E-state index contributed by atoms with van der Waals surface area (Å²) in [6.07, 6.45) is -0.224. The zero-order valence-corrected chi connectivity index (χ0v) is 10.5. The van der Waals surface area contributed by atoms with Crippen molar-refractivity contribution in [3.63, 3.8) is 0 Å². The van der Waals surface area contributed by atoms with Crippen LogP contribution in [-0.4, -0.2) is 4.98 Å². The molecule has 0 radical (unpaired) electrons. The van der Waals surface area contributed by atoms with Gasteiger partial charge in [-0.05, 0) is 28.1 Å². The van der Waals surface area contributed by atoms with E-state index in [4.69, 9.17) is 4.42 Å². The molecule has 0 aliphatic heterocycles. The third-order valence-corrected chi connectivity index (χ3v) is 2.63. The van der Waals surface area contributed by atoms with Gasteiger partial charge in [0.05, 0.1) is 18.1 Å². The lowest BCUT2D eigenvalue weighted by molar-refractivity contribution is -0.137. The molecule has 7 heteroatoms. The van der Waals surface area contributed by atoms with Crippen LogP contribution in [-0.2, 0) is 12.7 Å². The smallest absolute Gasteiger partial charge is 0.419 e. The van der Waals surface area contributed by atoms with Crippen LogP contribution in [0.25, 0.3) is 0 Å². The van der Waals surface area contributed by atoms with E-state index in [1.807, 2.05) is 0 Å². The lowest BCUT2D eigenvalue weighted by atomic mass is 10.2. The standard InChI is InChI=1S/C11H8BrF3N2O/c12-8-3-9(11(13,14)15)10(17-5-8)16-4-7-1-2-18-6-7/h1-3,5-6H,4H2,(H,16,17). The minimum absolute atomic E-state index is 0.202. The molecule has 0 atom stereocenters. The molecule has 0 amide bonds. The zero-order chi connectivity index (χ0) is 13.2. The van der Waals surface area contributed by atoms with E-state index in [9.17, 15) is 13.2 Å². The molecule has 0 saturated carbocycles. The number of rotatable bonds is 3. The van der Waals surface area contributed by atoms with E-state index in [0.29, 0.717) is 0 Å². The van der Waals surface area contributed by atoms with Crippen molar-refractivity contribution < 1.29 is 17.6 Å². The summed E-state index contributed by atoms with van der Waals surface area (Å²) in [7, 11) is 0. The second kappa shape index (κ2) is 5.01. The zero-order valence-electron chi connectivity index (χ0n) is 8.96. The largest absolute Gasteiger partial charge is 0.472 e. The summed E-state index contributed by atoms with van der Waals surface area (Å²) in [4.78, 5) is 3.74. The first-order valence-electron chi connectivity index (χ1n) is 4.94. The number of hydrogen-bond donors (Lipinski definition) is 1. The average molecular weight is 321 g/mol. The lowest BCUT2D eigenvalue weighted by Crippen LogP contribution is -2.12. The number of nitrogens with one attached hydrogen (secondary N) is 1. The molecule has 96 valence electrons. The molecule has 1 N–H and O–H groups in total. The Morgan fingerprint density at radius 1 is 1.39 bits per heavy atom. The lowest BCUT2D eigenvalue weighted by Gasteiger charge is -2.13. The minimum atomic E-state index is -4.45. The molecule has 2 aromatic heterocycles. The Morgan fingerprint density at radius 2 is 2.17 bits per heavy atom. The van der Waals surface area contributed by atoms with Crippen LogP contribution < -0.4 is 5.32 Å². The molecule has 2 heterocycles. The third kappa shape index (κ3) is 3.04. The molecule has 0 unspecified atom stereocenters. The number of pyridine rings is 1. The molecule has 18 heavy (non-hydrogen) atoms. The first kappa shape index (κ1) is 12.9. The Hall–Kier alpha value is -1.50. The van der Waals surface area contributed by atoms with Gasteiger partial charge in [-0.3, -0.25) is 0 Å². The number of furan rings is 1. The molecule has 2 aromatic rings. The molecule has 0 aliphatic carbocycles. The fourth-order valence-electron chi connectivity index (χ4n) is 1.38. The second-order valence-corrected chi connectivity index (χ2v) is 4.45. The molecule has 0 aromatic carbocycles. The Bertz CT molecular complexity index is 526. The normalized spacial score (nSPS) is 11.6. The van der Waals surface area contributed by atoms with Gasteiger partial charge in [0.25, 0.3) is 0 Å². The van der Waals surface area contributed by atoms with Gasteiger partial charge in [-0.25, -0.2) is 4.98 Å². The van der Waals surface area contributed by atoms with E-state index < -0.39 is 11.7 Å². The number of halogens is 4. The second-order valence-electron chi connectivity index (χ2n) is 3.53. The number of hydrogen-bond acceptors (Lipinski definition) is 3. The fraction of sp³-hybridized carbons (Fsp3) is 0.182. The number of anilines is 1. The maximum Gasteiger partial charge on any atom is 0.419 e. The SMILES string of the molecule is FC(F)(F)c1cc(Br)cnc1NCc1ccoc1. The van der Waals surface area contributed by atoms with Gasteiger partial charge in [0.15, 0.2) is 0 Å². The van der Waals surface area contributed by atoms with Crippen molar-refractivity contribution in [3.8, 4) is 0 Å². The van der Waals surface area contributed by atoms with E-state index in [0.717, 1.165) is 11.6 Å². The number of alkyl halides is 3. The van der Waals surface area contributed by atoms with Gasteiger partial charge in [0.1, 0.15) is 5.82 Å². The van der Waals surface area contributed by atoms with Crippen LogP contribution in [0.4, 0.5) is 19.0 Å². The predicted octanol–water partition coefficient (Wildman–Crippen LogP) is 4.07. The summed E-state index contributed by atoms with van der Waals surface area (Å²) < 4.78 is 43.4. The molecular weight excluding hydrogens is 313 g/mol. The number of nitrogens with zero attached hydrogens (tertiary/aromatic N) is 1. The van der Waals surface area contributed by atoms with Crippen LogP contribution >= 0.6 is 15.9 Å². The highest BCUT2D eigenvalue weighted by atomic mass is 79.9. The molecule has 0 saturated heterocycles. The summed E-state index contributed by atoms with van der Waals surface area (Å²) in [5, 5.41) is 2.64. The monoisotopic (exact) mass is 320 g/mol. The van der Waals surface area contributed by atoms with Crippen molar-refractivity contribution in [2.45, 2.75) is 12.7 Å². The number of aromatic nitrogens is 1. The molecule has 0 spiro atoms. The van der Waals surface area contributed by atoms with Crippen LogP contribution in [0.2, 0.25) is 0 Å². The molecule has 0 aliphatic rings. The summed E-state index contributed by atoms with van der Waals surface area (Å²) in [6.45, 7) is 0.216. The Labute approximate surface area is 109 Å². The highest BCUT2D eigenvalue weighted by Gasteiger charge is 2.34. The highest BCUT2D eigenvalue weighted by molar-refractivity contribution is 9.10. The van der Waals surface area contributed by atoms with Crippen molar-refractivity contribution in [1.82, 2.24) is 4.98 Å². The quantitative estimate of drug-likeness (QED) is 0.926. The maximum atomic E-state index is 12.8. The van der Waals surface area contributed by atoms with Gasteiger partial charge in [0.2, 0.25) is 0 Å². The van der Waals surface area contributed by atoms with Crippen molar-refractivity contribution in [1.29, 1.82) is 0 Å². The highest BCUT2D eigenvalue weighted by Crippen LogP contribution is 2.35. The minimum Gasteiger partial charge on any atom is -0.472 e. The van der Waals surface area contributed by atoms with E-state index in [-0.39, 0.29) is 16.8 Å². The third-order valence-electron chi connectivity index (χ3n) is 2.20. The van der Waals surface area contributed by atoms with E-state index in [1.165, 1.54) is 18.7 Å². The maximum absolute atomic E-state index is 12.8. The van der Waals surface area contributed by atoms with Gasteiger partial charge in [0, 0.05) is 22.8 Å². The van der Waals surface area contributed by atoms with Gasteiger partial charge >= 0.3 is 6.18 Å². The van der Waals surface area contributed by atoms with Crippen molar-refractivity contribution in [2.24, 2.45) is 0 Å². The Morgan fingerprint density at radius 3 is 2.78 bits per heavy atom. The average Bonchev–Trinajstić information content (AvgIpc) is 2.79. The van der Waals surface area contributed by atoms with E-state index in [2.05, 4.69) is 26.2 Å². The van der Waals surface area contributed by atoms with Gasteiger partial charge < -0.3 is 9.73 Å². The van der Waals surface area contributed by atoms with Crippen LogP contribution in [0.1, 0.15) is 11.1 Å². The summed E-state index contributed by atoms with van der Waals surface area (Å²) >= 11 is 2.97. The van der Waals surface area contributed by atoms with Crippen molar-refractivity contribution >= 4 is 21.7 Å². The van der Waals surface area contributed by atoms with Crippen LogP contribution in [0.5, 0.6) is 0 Å². The fourth-order valence-corrected chi connectivity index (χ4v) is 1.71. The summed E-state index contributed by atoms with van der Waals surface area (Å²) in [6, 6.07) is 2.66. The van der Waals surface area contributed by atoms with Crippen LogP contribution in [0.15, 0.2) is 39.7 Å². The molecular formula is C11H8BrF3N2O. The molecule has 0 bridgehead atoms. The Kier molecular flexibility index (Phi) is 3.60. The molecule has 0 fully saturated rings. The summed E-state index contributed by atoms with van der Waals surface area (Å²) in [5.74, 6) is -0.202. The predicted molar refractivity (Wildman–Crippen MR) is 63.0 cm³/mol. The van der Waals surface area contributed by atoms with Crippen LogP contribution in [0, 0.1) is 0 Å².